The number of piperidine rings is 1. The van der Waals surface area contributed by atoms with E-state index in [2.05, 4.69) is 5.32 Å². The second kappa shape index (κ2) is 6.55. The van der Waals surface area contributed by atoms with Crippen molar-refractivity contribution in [3.8, 4) is 0 Å². The summed E-state index contributed by atoms with van der Waals surface area (Å²) >= 11 is 0. The highest BCUT2D eigenvalue weighted by Crippen LogP contribution is 2.27. The van der Waals surface area contributed by atoms with Crippen molar-refractivity contribution < 1.29 is 9.59 Å². The predicted octanol–water partition coefficient (Wildman–Crippen LogP) is 3.25. The van der Waals surface area contributed by atoms with Gasteiger partial charge in [0, 0.05) is 30.8 Å². The van der Waals surface area contributed by atoms with Gasteiger partial charge in [-0.15, -0.1) is 0 Å². The number of hydrogen-bond acceptors (Lipinski definition) is 2. The third-order valence-electron chi connectivity index (χ3n) is 3.57. The number of carbonyl (C=O) groups is 2. The van der Waals surface area contributed by atoms with E-state index >= 15 is 0 Å². The third kappa shape index (κ3) is 3.38. The van der Waals surface area contributed by atoms with E-state index in [4.69, 9.17) is 0 Å². The lowest BCUT2D eigenvalue weighted by molar-refractivity contribution is -0.119. The van der Waals surface area contributed by atoms with Gasteiger partial charge in [-0.3, -0.25) is 9.59 Å². The molecule has 0 unspecified atom stereocenters. The van der Waals surface area contributed by atoms with Crippen molar-refractivity contribution in [3.05, 3.63) is 23.8 Å². The summed E-state index contributed by atoms with van der Waals surface area (Å²) in [5.74, 6) is 0.232. The summed E-state index contributed by atoms with van der Waals surface area (Å²) in [6.07, 6.45) is 4.05. The van der Waals surface area contributed by atoms with E-state index in [1.807, 2.05) is 36.9 Å². The van der Waals surface area contributed by atoms with Crippen LogP contribution in [0.1, 0.15) is 44.6 Å². The molecule has 1 aromatic carbocycles. The van der Waals surface area contributed by atoms with Crippen molar-refractivity contribution in [2.24, 2.45) is 0 Å². The molecule has 0 atom stereocenters. The Bertz CT molecular complexity index is 511. The largest absolute Gasteiger partial charge is 0.326 e. The summed E-state index contributed by atoms with van der Waals surface area (Å²) in [6.45, 7) is 4.75. The first-order valence-electron chi connectivity index (χ1n) is 7.32. The van der Waals surface area contributed by atoms with Crippen LogP contribution in [0.15, 0.2) is 18.2 Å². The second-order valence-electron chi connectivity index (χ2n) is 5.30. The maximum absolute atomic E-state index is 12.0. The standard InChI is InChI=1S/C16H22N2O2/c1-3-6-15(19)17-13-8-9-14(12(2)11-13)18-10-5-4-7-16(18)20/h8-9,11H,3-7,10H2,1-2H3,(H,17,19). The average Bonchev–Trinajstić information content (AvgIpc) is 2.40. The molecule has 1 N–H and O–H groups in total. The normalized spacial score (nSPS) is 15.3. The number of amides is 2. The number of hydrogen-bond donors (Lipinski definition) is 1. The fourth-order valence-electron chi connectivity index (χ4n) is 2.55. The van der Waals surface area contributed by atoms with Crippen molar-refractivity contribution in [1.29, 1.82) is 0 Å². The van der Waals surface area contributed by atoms with Crippen LogP contribution in [0.4, 0.5) is 11.4 Å². The number of aryl methyl sites for hydroxylation is 1. The van der Waals surface area contributed by atoms with E-state index in [1.165, 1.54) is 0 Å². The molecule has 4 nitrogen and oxygen atoms in total. The molecule has 0 aromatic heterocycles. The Kier molecular flexibility index (Phi) is 4.77. The fraction of sp³-hybridized carbons (Fsp3) is 0.500. The third-order valence-corrected chi connectivity index (χ3v) is 3.57. The lowest BCUT2D eigenvalue weighted by Gasteiger charge is -2.28. The van der Waals surface area contributed by atoms with Crippen LogP contribution in [0.2, 0.25) is 0 Å². The van der Waals surface area contributed by atoms with Gasteiger partial charge in [0.2, 0.25) is 11.8 Å². The molecular weight excluding hydrogens is 252 g/mol. The van der Waals surface area contributed by atoms with Gasteiger partial charge in [0.25, 0.3) is 0 Å². The van der Waals surface area contributed by atoms with Gasteiger partial charge >= 0.3 is 0 Å². The maximum atomic E-state index is 12.0. The molecule has 0 aliphatic carbocycles. The van der Waals surface area contributed by atoms with Crippen LogP contribution in [-0.2, 0) is 9.59 Å². The van der Waals surface area contributed by atoms with Gasteiger partial charge in [-0.25, -0.2) is 0 Å². The number of rotatable bonds is 4. The Balaban J connectivity index is 2.13. The molecule has 4 heteroatoms. The molecule has 2 rings (SSSR count). The Morgan fingerprint density at radius 2 is 2.15 bits per heavy atom. The van der Waals surface area contributed by atoms with E-state index in [9.17, 15) is 9.59 Å². The first kappa shape index (κ1) is 14.6. The lowest BCUT2D eigenvalue weighted by Crippen LogP contribution is -2.35. The highest BCUT2D eigenvalue weighted by molar-refractivity contribution is 5.96. The smallest absolute Gasteiger partial charge is 0.226 e. The van der Waals surface area contributed by atoms with Gasteiger partial charge < -0.3 is 10.2 Å². The Labute approximate surface area is 120 Å². The maximum Gasteiger partial charge on any atom is 0.226 e. The van der Waals surface area contributed by atoms with E-state index in [0.717, 1.165) is 42.7 Å². The van der Waals surface area contributed by atoms with E-state index in [1.54, 1.807) is 0 Å². The van der Waals surface area contributed by atoms with Gasteiger partial charge in [-0.05, 0) is 49.9 Å². The molecular formula is C16H22N2O2. The summed E-state index contributed by atoms with van der Waals surface area (Å²) in [5, 5.41) is 2.88. The highest BCUT2D eigenvalue weighted by Gasteiger charge is 2.20. The summed E-state index contributed by atoms with van der Waals surface area (Å²) in [4.78, 5) is 25.4. The minimum absolute atomic E-state index is 0.0358. The predicted molar refractivity (Wildman–Crippen MR) is 80.9 cm³/mol. The molecule has 1 saturated heterocycles. The molecule has 1 fully saturated rings. The summed E-state index contributed by atoms with van der Waals surface area (Å²) in [5.41, 5.74) is 2.78. The number of nitrogens with one attached hydrogen (secondary N) is 1. The first-order chi connectivity index (χ1) is 9.61. The zero-order valence-electron chi connectivity index (χ0n) is 12.2. The molecule has 2 amide bonds. The minimum atomic E-state index is 0.0358. The fourth-order valence-corrected chi connectivity index (χ4v) is 2.55. The van der Waals surface area contributed by atoms with Gasteiger partial charge in [0.15, 0.2) is 0 Å². The summed E-state index contributed by atoms with van der Waals surface area (Å²) in [6, 6.07) is 5.74. The molecule has 0 bridgehead atoms. The van der Waals surface area contributed by atoms with Crippen molar-refractivity contribution >= 4 is 23.2 Å². The Hall–Kier alpha value is -1.84. The van der Waals surface area contributed by atoms with E-state index in [0.29, 0.717) is 12.8 Å². The Morgan fingerprint density at radius 3 is 2.80 bits per heavy atom. The number of carbonyl (C=O) groups excluding carboxylic acids is 2. The molecule has 1 aliphatic heterocycles. The molecule has 0 radical (unpaired) electrons. The van der Waals surface area contributed by atoms with Crippen LogP contribution in [0.5, 0.6) is 0 Å². The zero-order chi connectivity index (χ0) is 14.5. The van der Waals surface area contributed by atoms with E-state index in [-0.39, 0.29) is 11.8 Å². The SMILES string of the molecule is CCCC(=O)Nc1ccc(N2CCCCC2=O)c(C)c1. The zero-order valence-corrected chi connectivity index (χ0v) is 12.2. The van der Waals surface area contributed by atoms with Crippen LogP contribution in [0, 0.1) is 6.92 Å². The van der Waals surface area contributed by atoms with Crippen molar-refractivity contribution in [3.63, 3.8) is 0 Å². The second-order valence-corrected chi connectivity index (χ2v) is 5.30. The van der Waals surface area contributed by atoms with Crippen molar-refractivity contribution in [1.82, 2.24) is 0 Å². The molecule has 1 aromatic rings. The van der Waals surface area contributed by atoms with Gasteiger partial charge in [0.05, 0.1) is 0 Å². The van der Waals surface area contributed by atoms with Crippen LogP contribution in [-0.4, -0.2) is 18.4 Å². The van der Waals surface area contributed by atoms with Crippen molar-refractivity contribution in [2.75, 3.05) is 16.8 Å². The van der Waals surface area contributed by atoms with Gasteiger partial charge in [-0.2, -0.15) is 0 Å². The highest BCUT2D eigenvalue weighted by atomic mass is 16.2. The number of benzene rings is 1. The lowest BCUT2D eigenvalue weighted by atomic mass is 10.1. The number of anilines is 2. The first-order valence-corrected chi connectivity index (χ1v) is 7.32. The molecule has 1 heterocycles. The molecule has 0 saturated carbocycles. The van der Waals surface area contributed by atoms with Crippen LogP contribution in [0.25, 0.3) is 0 Å². The van der Waals surface area contributed by atoms with Crippen molar-refractivity contribution in [2.45, 2.75) is 46.0 Å². The van der Waals surface area contributed by atoms with Gasteiger partial charge in [0.1, 0.15) is 0 Å². The van der Waals surface area contributed by atoms with Crippen LogP contribution >= 0.6 is 0 Å². The monoisotopic (exact) mass is 274 g/mol. The average molecular weight is 274 g/mol. The van der Waals surface area contributed by atoms with Gasteiger partial charge in [-0.1, -0.05) is 6.92 Å². The summed E-state index contributed by atoms with van der Waals surface area (Å²) < 4.78 is 0. The molecule has 1 aliphatic rings. The van der Waals surface area contributed by atoms with Crippen LogP contribution < -0.4 is 10.2 Å². The topological polar surface area (TPSA) is 49.4 Å². The molecule has 20 heavy (non-hydrogen) atoms. The number of nitrogens with zero attached hydrogens (tertiary/aromatic N) is 1. The molecule has 0 spiro atoms. The Morgan fingerprint density at radius 1 is 1.35 bits per heavy atom. The minimum Gasteiger partial charge on any atom is -0.326 e. The van der Waals surface area contributed by atoms with E-state index < -0.39 is 0 Å². The summed E-state index contributed by atoms with van der Waals surface area (Å²) in [7, 11) is 0. The van der Waals surface area contributed by atoms with Crippen LogP contribution in [0.3, 0.4) is 0 Å². The quantitative estimate of drug-likeness (QED) is 0.916. The molecule has 108 valence electrons.